The lowest BCUT2D eigenvalue weighted by atomic mass is 9.94. The highest BCUT2D eigenvalue weighted by Gasteiger charge is 2.36. The molecule has 1 atom stereocenters. The highest BCUT2D eigenvalue weighted by Crippen LogP contribution is 2.29. The fraction of sp³-hybridized carbons (Fsp3) is 0.923. The van der Waals surface area contributed by atoms with Crippen LogP contribution in [0.15, 0.2) is 0 Å². The summed E-state index contributed by atoms with van der Waals surface area (Å²) in [5.74, 6) is 0.577. The van der Waals surface area contributed by atoms with Gasteiger partial charge in [-0.3, -0.25) is 0 Å². The topological polar surface area (TPSA) is 29.5 Å². The van der Waals surface area contributed by atoms with E-state index in [9.17, 15) is 4.79 Å². The monoisotopic (exact) mass is 383 g/mol. The number of rotatable bonds is 5. The van der Waals surface area contributed by atoms with Crippen molar-refractivity contribution in [3.8, 4) is 0 Å². The molecule has 1 aliphatic heterocycles. The van der Waals surface area contributed by atoms with Crippen LogP contribution in [0.25, 0.3) is 0 Å². The van der Waals surface area contributed by atoms with Gasteiger partial charge in [0.2, 0.25) is 0 Å². The van der Waals surface area contributed by atoms with Gasteiger partial charge in [-0.2, -0.15) is 0 Å². The van der Waals surface area contributed by atoms with Gasteiger partial charge < -0.3 is 9.64 Å². The van der Waals surface area contributed by atoms with Crippen molar-refractivity contribution in [3.05, 3.63) is 0 Å². The van der Waals surface area contributed by atoms with Crippen molar-refractivity contribution in [2.24, 2.45) is 5.92 Å². The van der Waals surface area contributed by atoms with Crippen molar-refractivity contribution in [2.45, 2.75) is 50.5 Å². The molecule has 0 aromatic heterocycles. The molecule has 1 aliphatic rings. The Hall–Kier alpha value is 0.230. The first-order valence-corrected chi connectivity index (χ1v) is 8.55. The zero-order valence-corrected chi connectivity index (χ0v) is 14.6. The van der Waals surface area contributed by atoms with Gasteiger partial charge in [0.25, 0.3) is 0 Å². The third-order valence-electron chi connectivity index (χ3n) is 2.94. The molecule has 0 aliphatic carbocycles. The van der Waals surface area contributed by atoms with Gasteiger partial charge in [0.05, 0.1) is 0 Å². The quantitative estimate of drug-likeness (QED) is 0.525. The fourth-order valence-corrected chi connectivity index (χ4v) is 2.94. The highest BCUT2D eigenvalue weighted by atomic mass is 79.9. The maximum atomic E-state index is 11.8. The predicted octanol–water partition coefficient (Wildman–Crippen LogP) is 4.18. The molecule has 1 unspecified atom stereocenters. The first kappa shape index (κ1) is 16.3. The lowest BCUT2D eigenvalue weighted by molar-refractivity contribution is -0.00121. The number of hydrogen-bond donors (Lipinski definition) is 0. The van der Waals surface area contributed by atoms with E-state index in [0.29, 0.717) is 10.7 Å². The van der Waals surface area contributed by atoms with Crippen LogP contribution in [0.2, 0.25) is 0 Å². The number of hydrogen-bond acceptors (Lipinski definition) is 2. The van der Waals surface area contributed by atoms with Crippen molar-refractivity contribution in [1.29, 1.82) is 0 Å². The van der Waals surface area contributed by atoms with Crippen LogP contribution in [0, 0.1) is 5.92 Å². The Morgan fingerprint density at radius 1 is 1.39 bits per heavy atom. The van der Waals surface area contributed by atoms with Crippen molar-refractivity contribution in [2.75, 3.05) is 18.4 Å². The number of ether oxygens (including phenoxy) is 1. The number of alkyl halides is 2. The van der Waals surface area contributed by atoms with Crippen LogP contribution in [0.5, 0.6) is 0 Å². The Bertz CT molecular complexity index is 273. The van der Waals surface area contributed by atoms with Gasteiger partial charge in [-0.15, -0.1) is 0 Å². The number of amides is 1. The Balaban J connectivity index is 2.20. The van der Waals surface area contributed by atoms with E-state index in [1.54, 1.807) is 4.90 Å². The molecule has 5 heteroatoms. The molecule has 0 aromatic rings. The molecule has 3 nitrogen and oxygen atoms in total. The zero-order chi connectivity index (χ0) is 13.8. The first-order chi connectivity index (χ1) is 8.33. The van der Waals surface area contributed by atoms with Crippen LogP contribution >= 0.6 is 31.9 Å². The van der Waals surface area contributed by atoms with Crippen molar-refractivity contribution < 1.29 is 9.53 Å². The highest BCUT2D eigenvalue weighted by molar-refractivity contribution is 9.09. The van der Waals surface area contributed by atoms with E-state index < -0.39 is 5.60 Å². The summed E-state index contributed by atoms with van der Waals surface area (Å²) >= 11 is 7.17. The summed E-state index contributed by atoms with van der Waals surface area (Å²) in [6.07, 6.45) is 3.44. The van der Waals surface area contributed by atoms with E-state index in [-0.39, 0.29) is 6.09 Å². The fourth-order valence-electron chi connectivity index (χ4n) is 1.89. The molecule has 1 heterocycles. The third kappa shape index (κ3) is 5.47. The minimum Gasteiger partial charge on any atom is -0.444 e. The van der Waals surface area contributed by atoms with Crippen molar-refractivity contribution in [3.63, 3.8) is 0 Å². The van der Waals surface area contributed by atoms with Gasteiger partial charge in [0.15, 0.2) is 0 Å². The molecule has 1 saturated heterocycles. The smallest absolute Gasteiger partial charge is 0.410 e. The largest absolute Gasteiger partial charge is 0.444 e. The number of carbonyl (C=O) groups is 1. The summed E-state index contributed by atoms with van der Waals surface area (Å²) in [6, 6.07) is 0. The number of unbranched alkanes of at least 4 members (excludes halogenated alkanes) is 1. The first-order valence-electron chi connectivity index (χ1n) is 6.51. The normalized spacial score (nSPS) is 18.4. The average molecular weight is 385 g/mol. The lowest BCUT2D eigenvalue weighted by Crippen LogP contribution is -2.54. The standard InChI is InChI=1S/C13H23Br2NO2/c1-13(2,3)18-12(17)16-8-10(9-16)11(15)6-4-5-7-14/h10-11H,4-9H2,1-3H3. The van der Waals surface area contributed by atoms with Crippen LogP contribution in [0.3, 0.4) is 0 Å². The van der Waals surface area contributed by atoms with Crippen LogP contribution in [0.4, 0.5) is 4.79 Å². The van der Waals surface area contributed by atoms with E-state index in [2.05, 4.69) is 31.9 Å². The van der Waals surface area contributed by atoms with E-state index in [1.165, 1.54) is 19.3 Å². The van der Waals surface area contributed by atoms with E-state index in [4.69, 9.17) is 4.74 Å². The average Bonchev–Trinajstić information content (AvgIpc) is 2.12. The van der Waals surface area contributed by atoms with Crippen LogP contribution in [0.1, 0.15) is 40.0 Å². The summed E-state index contributed by atoms with van der Waals surface area (Å²) < 4.78 is 5.33. The Morgan fingerprint density at radius 2 is 2.00 bits per heavy atom. The van der Waals surface area contributed by atoms with Crippen LogP contribution in [-0.2, 0) is 4.74 Å². The second kappa shape index (κ2) is 7.13. The summed E-state index contributed by atoms with van der Waals surface area (Å²) in [5.41, 5.74) is -0.397. The van der Waals surface area contributed by atoms with E-state index >= 15 is 0 Å². The van der Waals surface area contributed by atoms with Gasteiger partial charge >= 0.3 is 6.09 Å². The van der Waals surface area contributed by atoms with Gasteiger partial charge in [0, 0.05) is 29.2 Å². The van der Waals surface area contributed by atoms with Crippen LogP contribution < -0.4 is 0 Å². The van der Waals surface area contributed by atoms with Gasteiger partial charge in [0.1, 0.15) is 5.60 Å². The predicted molar refractivity (Wildman–Crippen MR) is 81.7 cm³/mol. The molecule has 1 amide bonds. The number of nitrogens with zero attached hydrogens (tertiary/aromatic N) is 1. The molecule has 0 bridgehead atoms. The molecule has 0 spiro atoms. The van der Waals surface area contributed by atoms with Crippen LogP contribution in [-0.4, -0.2) is 39.8 Å². The number of likely N-dealkylation sites (tertiary alicyclic amines) is 1. The second-order valence-electron chi connectivity index (χ2n) is 5.85. The lowest BCUT2D eigenvalue weighted by Gasteiger charge is -2.42. The number of halogens is 2. The molecule has 18 heavy (non-hydrogen) atoms. The molecule has 0 radical (unpaired) electrons. The summed E-state index contributed by atoms with van der Waals surface area (Å²) in [5, 5.41) is 1.07. The molecule has 0 N–H and O–H groups in total. The number of carbonyl (C=O) groups excluding carboxylic acids is 1. The second-order valence-corrected chi connectivity index (χ2v) is 7.82. The third-order valence-corrected chi connectivity index (χ3v) is 4.70. The minimum absolute atomic E-state index is 0.182. The Labute approximate surface area is 127 Å². The summed E-state index contributed by atoms with van der Waals surface area (Å²) in [7, 11) is 0. The molecule has 1 rings (SSSR count). The van der Waals surface area contributed by atoms with Gasteiger partial charge in [-0.05, 0) is 33.6 Å². The van der Waals surface area contributed by atoms with Gasteiger partial charge in [-0.25, -0.2) is 4.79 Å². The van der Waals surface area contributed by atoms with Crippen molar-refractivity contribution >= 4 is 38.0 Å². The zero-order valence-electron chi connectivity index (χ0n) is 11.4. The molecule has 0 aromatic carbocycles. The molecule has 106 valence electrons. The SMILES string of the molecule is CC(C)(C)OC(=O)N1CC(C(Br)CCCCBr)C1. The van der Waals surface area contributed by atoms with Gasteiger partial charge in [-0.1, -0.05) is 38.3 Å². The molecular weight excluding hydrogens is 362 g/mol. The molecule has 1 fully saturated rings. The summed E-state index contributed by atoms with van der Waals surface area (Å²) in [6.45, 7) is 7.33. The summed E-state index contributed by atoms with van der Waals surface area (Å²) in [4.78, 5) is 14.1. The van der Waals surface area contributed by atoms with Crippen molar-refractivity contribution in [1.82, 2.24) is 4.90 Å². The van der Waals surface area contributed by atoms with E-state index in [0.717, 1.165) is 18.4 Å². The van der Waals surface area contributed by atoms with E-state index in [1.807, 2.05) is 20.8 Å². The maximum absolute atomic E-state index is 11.8. The Kier molecular flexibility index (Phi) is 6.45. The maximum Gasteiger partial charge on any atom is 0.410 e. The molecular formula is C13H23Br2NO2. The molecule has 0 saturated carbocycles. The Morgan fingerprint density at radius 3 is 2.50 bits per heavy atom. The minimum atomic E-state index is -0.397.